The predicted octanol–water partition coefficient (Wildman–Crippen LogP) is 2.59. The van der Waals surface area contributed by atoms with E-state index in [1.54, 1.807) is 12.1 Å². The van der Waals surface area contributed by atoms with Crippen molar-refractivity contribution in [2.24, 2.45) is 5.73 Å². The molecular weight excluding hydrogens is 308 g/mol. The van der Waals surface area contributed by atoms with Crippen molar-refractivity contribution in [2.45, 2.75) is 24.9 Å². The van der Waals surface area contributed by atoms with Crippen LogP contribution in [0.5, 0.6) is 0 Å². The molecule has 0 bridgehead atoms. The van der Waals surface area contributed by atoms with Crippen LogP contribution in [0.2, 0.25) is 5.02 Å². The summed E-state index contributed by atoms with van der Waals surface area (Å²) in [5, 5.41) is 0.185. The van der Waals surface area contributed by atoms with Gasteiger partial charge in [-0.25, -0.2) is 13.1 Å². The van der Waals surface area contributed by atoms with Crippen LogP contribution in [0, 0.1) is 6.92 Å². The molecule has 2 aromatic rings. The molecule has 21 heavy (non-hydrogen) atoms. The van der Waals surface area contributed by atoms with Crippen LogP contribution in [0.25, 0.3) is 0 Å². The largest absolute Gasteiger partial charge is 0.326 e. The molecule has 0 unspecified atom stereocenters. The van der Waals surface area contributed by atoms with Gasteiger partial charge in [0, 0.05) is 13.1 Å². The van der Waals surface area contributed by atoms with Gasteiger partial charge in [0.25, 0.3) is 0 Å². The van der Waals surface area contributed by atoms with E-state index in [1.807, 2.05) is 31.2 Å². The van der Waals surface area contributed by atoms with Gasteiger partial charge in [0.2, 0.25) is 10.0 Å². The maximum absolute atomic E-state index is 12.4. The number of halogens is 1. The van der Waals surface area contributed by atoms with Gasteiger partial charge in [-0.2, -0.15) is 0 Å². The van der Waals surface area contributed by atoms with Gasteiger partial charge in [0.15, 0.2) is 0 Å². The Morgan fingerprint density at radius 2 is 1.90 bits per heavy atom. The molecule has 0 aliphatic carbocycles. The summed E-state index contributed by atoms with van der Waals surface area (Å²) in [7, 11) is -3.68. The average Bonchev–Trinajstić information content (AvgIpc) is 2.47. The van der Waals surface area contributed by atoms with Crippen molar-refractivity contribution in [3.05, 3.63) is 64.2 Å². The summed E-state index contributed by atoms with van der Waals surface area (Å²) < 4.78 is 27.3. The zero-order valence-corrected chi connectivity index (χ0v) is 13.2. The number of benzene rings is 2. The SMILES string of the molecule is Cc1ccccc1CNS(=O)(=O)c1cc(CN)ccc1Cl. The van der Waals surface area contributed by atoms with E-state index in [0.29, 0.717) is 0 Å². The third-order valence-corrected chi connectivity index (χ3v) is 5.12. The molecule has 0 radical (unpaired) electrons. The van der Waals surface area contributed by atoms with E-state index in [-0.39, 0.29) is 23.0 Å². The molecule has 112 valence electrons. The average molecular weight is 325 g/mol. The molecule has 0 aromatic heterocycles. The van der Waals surface area contributed by atoms with E-state index < -0.39 is 10.0 Å². The highest BCUT2D eigenvalue weighted by molar-refractivity contribution is 7.89. The second-order valence-electron chi connectivity index (χ2n) is 4.72. The molecule has 0 spiro atoms. The molecule has 0 atom stereocenters. The van der Waals surface area contributed by atoms with Crippen LogP contribution in [0.3, 0.4) is 0 Å². The lowest BCUT2D eigenvalue weighted by Crippen LogP contribution is -2.24. The standard InChI is InChI=1S/C15H17ClN2O2S/c1-11-4-2-3-5-13(11)10-18-21(19,20)15-8-12(9-17)6-7-14(15)16/h2-8,18H,9-10,17H2,1H3. The molecule has 0 saturated carbocycles. The van der Waals surface area contributed by atoms with Gasteiger partial charge in [0.05, 0.1) is 5.02 Å². The fraction of sp³-hybridized carbons (Fsp3) is 0.200. The van der Waals surface area contributed by atoms with Crippen LogP contribution in [0.15, 0.2) is 47.4 Å². The highest BCUT2D eigenvalue weighted by Crippen LogP contribution is 2.22. The summed E-state index contributed by atoms with van der Waals surface area (Å²) in [6.07, 6.45) is 0. The number of hydrogen-bond acceptors (Lipinski definition) is 3. The fourth-order valence-corrected chi connectivity index (χ4v) is 3.49. The lowest BCUT2D eigenvalue weighted by Gasteiger charge is -2.11. The van der Waals surface area contributed by atoms with E-state index in [9.17, 15) is 8.42 Å². The van der Waals surface area contributed by atoms with Crippen LogP contribution in [-0.2, 0) is 23.1 Å². The lowest BCUT2D eigenvalue weighted by molar-refractivity contribution is 0.581. The molecule has 3 N–H and O–H groups in total. The van der Waals surface area contributed by atoms with Gasteiger partial charge in [0.1, 0.15) is 4.90 Å². The lowest BCUT2D eigenvalue weighted by atomic mass is 10.1. The van der Waals surface area contributed by atoms with Gasteiger partial charge < -0.3 is 5.73 Å². The number of nitrogens with two attached hydrogens (primary N) is 1. The molecule has 0 heterocycles. The Hall–Kier alpha value is -1.40. The van der Waals surface area contributed by atoms with E-state index in [1.165, 1.54) is 6.07 Å². The third kappa shape index (κ3) is 3.83. The summed E-state index contributed by atoms with van der Waals surface area (Å²) >= 11 is 5.99. The first-order valence-corrected chi connectivity index (χ1v) is 8.33. The Labute approximate surface area is 130 Å². The highest BCUT2D eigenvalue weighted by atomic mass is 35.5. The smallest absolute Gasteiger partial charge is 0.242 e. The summed E-state index contributed by atoms with van der Waals surface area (Å²) in [5.74, 6) is 0. The monoisotopic (exact) mass is 324 g/mol. The van der Waals surface area contributed by atoms with E-state index in [2.05, 4.69) is 4.72 Å². The molecule has 0 aliphatic heterocycles. The van der Waals surface area contributed by atoms with Crippen LogP contribution in [0.1, 0.15) is 16.7 Å². The van der Waals surface area contributed by atoms with Crippen LogP contribution < -0.4 is 10.5 Å². The number of nitrogens with one attached hydrogen (secondary N) is 1. The number of sulfonamides is 1. The topological polar surface area (TPSA) is 72.2 Å². The van der Waals surface area contributed by atoms with Crippen molar-refractivity contribution in [3.8, 4) is 0 Å². The van der Waals surface area contributed by atoms with Crippen LogP contribution >= 0.6 is 11.6 Å². The summed E-state index contributed by atoms with van der Waals surface area (Å²) in [4.78, 5) is 0.0562. The summed E-state index contributed by atoms with van der Waals surface area (Å²) in [6, 6.07) is 12.4. The summed E-state index contributed by atoms with van der Waals surface area (Å²) in [6.45, 7) is 2.42. The van der Waals surface area contributed by atoms with Crippen molar-refractivity contribution < 1.29 is 8.42 Å². The minimum Gasteiger partial charge on any atom is -0.326 e. The number of rotatable bonds is 5. The van der Waals surface area contributed by atoms with Crippen molar-refractivity contribution >= 4 is 21.6 Å². The van der Waals surface area contributed by atoms with Gasteiger partial charge >= 0.3 is 0 Å². The van der Waals surface area contributed by atoms with Gasteiger partial charge in [-0.05, 0) is 35.7 Å². The van der Waals surface area contributed by atoms with Crippen molar-refractivity contribution in [2.75, 3.05) is 0 Å². The van der Waals surface area contributed by atoms with Crippen molar-refractivity contribution in [1.29, 1.82) is 0 Å². The molecule has 0 aliphatic rings. The van der Waals surface area contributed by atoms with Crippen molar-refractivity contribution in [1.82, 2.24) is 4.72 Å². The maximum atomic E-state index is 12.4. The van der Waals surface area contributed by atoms with Gasteiger partial charge in [-0.1, -0.05) is 41.9 Å². The first-order chi connectivity index (χ1) is 9.94. The normalized spacial score (nSPS) is 11.6. The minimum absolute atomic E-state index is 0.0562. The number of aryl methyl sites for hydroxylation is 1. The van der Waals surface area contributed by atoms with Gasteiger partial charge in [-0.15, -0.1) is 0 Å². The molecule has 0 saturated heterocycles. The Bertz CT molecular complexity index is 745. The number of hydrogen-bond donors (Lipinski definition) is 2. The summed E-state index contributed by atoms with van der Waals surface area (Å²) in [5.41, 5.74) is 8.21. The Balaban J connectivity index is 2.25. The van der Waals surface area contributed by atoms with E-state index in [0.717, 1.165) is 16.7 Å². The van der Waals surface area contributed by atoms with Crippen LogP contribution in [-0.4, -0.2) is 8.42 Å². The van der Waals surface area contributed by atoms with E-state index >= 15 is 0 Å². The van der Waals surface area contributed by atoms with E-state index in [4.69, 9.17) is 17.3 Å². The Morgan fingerprint density at radius 1 is 1.19 bits per heavy atom. The first kappa shape index (κ1) is 16.0. The second kappa shape index (κ2) is 6.58. The molecule has 0 fully saturated rings. The Kier molecular flexibility index (Phi) is 5.00. The maximum Gasteiger partial charge on any atom is 0.242 e. The second-order valence-corrected chi connectivity index (χ2v) is 6.86. The predicted molar refractivity (Wildman–Crippen MR) is 84.5 cm³/mol. The third-order valence-electron chi connectivity index (χ3n) is 3.23. The fourth-order valence-electron chi connectivity index (χ4n) is 1.94. The highest BCUT2D eigenvalue weighted by Gasteiger charge is 2.18. The quantitative estimate of drug-likeness (QED) is 0.888. The molecule has 0 amide bonds. The molecule has 2 rings (SSSR count). The molecule has 6 heteroatoms. The molecular formula is C15H17ClN2O2S. The van der Waals surface area contributed by atoms with Crippen molar-refractivity contribution in [3.63, 3.8) is 0 Å². The first-order valence-electron chi connectivity index (χ1n) is 6.46. The Morgan fingerprint density at radius 3 is 2.57 bits per heavy atom. The minimum atomic E-state index is -3.68. The zero-order valence-electron chi connectivity index (χ0n) is 11.6. The van der Waals surface area contributed by atoms with Gasteiger partial charge in [-0.3, -0.25) is 0 Å². The zero-order chi connectivity index (χ0) is 15.5. The van der Waals surface area contributed by atoms with Crippen LogP contribution in [0.4, 0.5) is 0 Å². The molecule has 4 nitrogen and oxygen atoms in total. The molecule has 2 aromatic carbocycles.